The van der Waals surface area contributed by atoms with Gasteiger partial charge in [0.25, 0.3) is 0 Å². The summed E-state index contributed by atoms with van der Waals surface area (Å²) in [6.45, 7) is 20.0. The second kappa shape index (κ2) is 6.99. The molecule has 184 valence electrons. The summed E-state index contributed by atoms with van der Waals surface area (Å²) < 4.78 is 0. The van der Waals surface area contributed by atoms with Gasteiger partial charge in [-0.05, 0) is 120 Å². The highest BCUT2D eigenvalue weighted by Crippen LogP contribution is 2.76. The first-order valence-corrected chi connectivity index (χ1v) is 14.1. The zero-order valence-corrected chi connectivity index (χ0v) is 22.4. The SMILES string of the molecule is C[C@H]1[C@@H]2[C@H]3CC[C@@H]4[C@@]5(C)CC[C@H](O)C(C)(C)[C@@H]5CC[C@@]4(C)[C@]3(C)C[C@H](O)[C@@]2(C)CC[C@@H]1C. The van der Waals surface area contributed by atoms with Crippen LogP contribution in [0.4, 0.5) is 0 Å². The van der Waals surface area contributed by atoms with Crippen molar-refractivity contribution >= 4 is 0 Å². The van der Waals surface area contributed by atoms with Gasteiger partial charge in [0.05, 0.1) is 12.2 Å². The van der Waals surface area contributed by atoms with Gasteiger partial charge in [0.1, 0.15) is 0 Å². The van der Waals surface area contributed by atoms with Crippen LogP contribution in [0.15, 0.2) is 0 Å². The summed E-state index contributed by atoms with van der Waals surface area (Å²) >= 11 is 0. The third kappa shape index (κ3) is 2.66. The van der Waals surface area contributed by atoms with Gasteiger partial charge in [0.15, 0.2) is 0 Å². The van der Waals surface area contributed by atoms with Crippen LogP contribution < -0.4 is 0 Å². The number of aliphatic hydroxyl groups is 2. The molecule has 5 rings (SSSR count). The Labute approximate surface area is 198 Å². The standard InChI is InChI=1S/C30H52O2/c1-18-11-14-28(6)24(32)17-30(8)20(25(28)19(18)2)9-10-22-27(5)15-13-23(31)26(3,4)21(27)12-16-29(22,30)7/h18-25,31-32H,9-17H2,1-8H3/t18-,19+,20+,21-,22+,23-,24-,25+,27-,28+,29+,30+/m0/s1. The molecule has 2 nitrogen and oxygen atoms in total. The van der Waals surface area contributed by atoms with Gasteiger partial charge in [-0.2, -0.15) is 0 Å². The van der Waals surface area contributed by atoms with Crippen molar-refractivity contribution in [2.75, 3.05) is 0 Å². The Bertz CT molecular complexity index is 760. The molecule has 2 heteroatoms. The lowest BCUT2D eigenvalue weighted by Crippen LogP contribution is -2.69. The lowest BCUT2D eigenvalue weighted by molar-refractivity contribution is -0.275. The minimum atomic E-state index is -0.158. The van der Waals surface area contributed by atoms with E-state index < -0.39 is 0 Å². The van der Waals surface area contributed by atoms with Gasteiger partial charge in [-0.15, -0.1) is 0 Å². The fourth-order valence-corrected chi connectivity index (χ4v) is 11.7. The molecule has 0 spiro atoms. The minimum Gasteiger partial charge on any atom is -0.393 e. The molecule has 0 aromatic carbocycles. The minimum absolute atomic E-state index is 0.0179. The highest BCUT2D eigenvalue weighted by Gasteiger charge is 2.71. The smallest absolute Gasteiger partial charge is 0.0602 e. The normalized spacial score (nSPS) is 61.7. The van der Waals surface area contributed by atoms with E-state index in [4.69, 9.17) is 0 Å². The Kier molecular flexibility index (Phi) is 5.17. The number of hydrogen-bond donors (Lipinski definition) is 2. The van der Waals surface area contributed by atoms with E-state index in [0.717, 1.165) is 30.6 Å². The Morgan fingerprint density at radius 2 is 1.28 bits per heavy atom. The number of fused-ring (bicyclic) bond motifs is 7. The molecule has 5 saturated carbocycles. The molecule has 5 aliphatic rings. The van der Waals surface area contributed by atoms with E-state index in [2.05, 4.69) is 55.4 Å². The molecule has 32 heavy (non-hydrogen) atoms. The summed E-state index contributed by atoms with van der Waals surface area (Å²) in [7, 11) is 0. The molecule has 0 aliphatic heterocycles. The Hall–Kier alpha value is -0.0800. The topological polar surface area (TPSA) is 40.5 Å². The molecular formula is C30H52O2. The van der Waals surface area contributed by atoms with Crippen molar-refractivity contribution in [1.82, 2.24) is 0 Å². The van der Waals surface area contributed by atoms with Crippen molar-refractivity contribution in [2.45, 2.75) is 125 Å². The summed E-state index contributed by atoms with van der Waals surface area (Å²) in [5.74, 6) is 4.23. The number of aliphatic hydroxyl groups excluding tert-OH is 2. The van der Waals surface area contributed by atoms with Crippen molar-refractivity contribution in [3.8, 4) is 0 Å². The Morgan fingerprint density at radius 1 is 0.625 bits per heavy atom. The lowest BCUT2D eigenvalue weighted by atomic mass is 9.31. The van der Waals surface area contributed by atoms with Gasteiger partial charge in [0, 0.05) is 0 Å². The largest absolute Gasteiger partial charge is 0.393 e. The molecule has 0 aromatic rings. The van der Waals surface area contributed by atoms with Crippen molar-refractivity contribution in [3.05, 3.63) is 0 Å². The number of rotatable bonds is 0. The lowest BCUT2D eigenvalue weighted by Gasteiger charge is -2.74. The molecular weight excluding hydrogens is 392 g/mol. The van der Waals surface area contributed by atoms with Crippen LogP contribution in [0.1, 0.15) is 113 Å². The van der Waals surface area contributed by atoms with E-state index in [-0.39, 0.29) is 28.5 Å². The molecule has 0 amide bonds. The molecule has 0 unspecified atom stereocenters. The van der Waals surface area contributed by atoms with Crippen LogP contribution in [0.25, 0.3) is 0 Å². The van der Waals surface area contributed by atoms with Crippen LogP contribution in [-0.2, 0) is 0 Å². The van der Waals surface area contributed by atoms with Crippen LogP contribution in [0.3, 0.4) is 0 Å². The van der Waals surface area contributed by atoms with Crippen molar-refractivity contribution in [2.24, 2.45) is 62.6 Å². The zero-order chi connectivity index (χ0) is 23.5. The van der Waals surface area contributed by atoms with E-state index in [9.17, 15) is 10.2 Å². The van der Waals surface area contributed by atoms with Crippen LogP contribution >= 0.6 is 0 Å². The quantitative estimate of drug-likeness (QED) is 0.419. The van der Waals surface area contributed by atoms with Crippen molar-refractivity contribution < 1.29 is 10.2 Å². The first-order chi connectivity index (χ1) is 14.7. The molecule has 5 aliphatic carbocycles. The van der Waals surface area contributed by atoms with Crippen LogP contribution in [0, 0.1) is 62.6 Å². The van der Waals surface area contributed by atoms with Crippen LogP contribution in [-0.4, -0.2) is 22.4 Å². The Morgan fingerprint density at radius 3 is 1.97 bits per heavy atom. The predicted octanol–water partition coefficient (Wildman–Crippen LogP) is 7.08. The molecule has 0 saturated heterocycles. The molecule has 5 fully saturated rings. The van der Waals surface area contributed by atoms with E-state index >= 15 is 0 Å². The summed E-state index contributed by atoms with van der Waals surface area (Å²) in [5, 5.41) is 22.7. The first-order valence-electron chi connectivity index (χ1n) is 14.1. The van der Waals surface area contributed by atoms with Gasteiger partial charge in [0.2, 0.25) is 0 Å². The van der Waals surface area contributed by atoms with E-state index in [1.165, 1.54) is 44.9 Å². The molecule has 0 heterocycles. The summed E-state index contributed by atoms with van der Waals surface area (Å²) in [4.78, 5) is 0. The third-order valence-corrected chi connectivity index (χ3v) is 14.1. The monoisotopic (exact) mass is 444 g/mol. The average molecular weight is 445 g/mol. The van der Waals surface area contributed by atoms with Gasteiger partial charge in [-0.3, -0.25) is 0 Å². The molecule has 12 atom stereocenters. The van der Waals surface area contributed by atoms with Crippen LogP contribution in [0.2, 0.25) is 0 Å². The molecule has 2 N–H and O–H groups in total. The van der Waals surface area contributed by atoms with Crippen molar-refractivity contribution in [3.63, 3.8) is 0 Å². The van der Waals surface area contributed by atoms with Crippen LogP contribution in [0.5, 0.6) is 0 Å². The van der Waals surface area contributed by atoms with Gasteiger partial charge in [-0.1, -0.05) is 55.4 Å². The van der Waals surface area contributed by atoms with Crippen molar-refractivity contribution in [1.29, 1.82) is 0 Å². The maximum Gasteiger partial charge on any atom is 0.0602 e. The summed E-state index contributed by atoms with van der Waals surface area (Å²) in [6, 6.07) is 0. The number of hydrogen-bond acceptors (Lipinski definition) is 2. The van der Waals surface area contributed by atoms with E-state index in [1.807, 2.05) is 0 Å². The van der Waals surface area contributed by atoms with Gasteiger partial charge < -0.3 is 10.2 Å². The summed E-state index contributed by atoms with van der Waals surface area (Å²) in [6.07, 6.45) is 10.6. The molecule has 0 aromatic heterocycles. The second-order valence-electron chi connectivity index (χ2n) is 15.2. The van der Waals surface area contributed by atoms with E-state index in [1.54, 1.807) is 0 Å². The first kappa shape index (κ1) is 23.7. The second-order valence-corrected chi connectivity index (χ2v) is 15.2. The maximum atomic E-state index is 11.8. The fourth-order valence-electron chi connectivity index (χ4n) is 11.7. The summed E-state index contributed by atoms with van der Waals surface area (Å²) in [5.41, 5.74) is 0.962. The van der Waals surface area contributed by atoms with E-state index in [0.29, 0.717) is 28.6 Å². The highest BCUT2D eigenvalue weighted by molar-refractivity contribution is 5.19. The molecule has 0 radical (unpaired) electrons. The van der Waals surface area contributed by atoms with Gasteiger partial charge in [-0.25, -0.2) is 0 Å². The molecule has 0 bridgehead atoms. The van der Waals surface area contributed by atoms with Gasteiger partial charge >= 0.3 is 0 Å². The maximum absolute atomic E-state index is 11.8. The Balaban J connectivity index is 1.56. The average Bonchev–Trinajstić information content (AvgIpc) is 2.70. The fraction of sp³-hybridized carbons (Fsp3) is 1.00. The zero-order valence-electron chi connectivity index (χ0n) is 22.4. The third-order valence-electron chi connectivity index (χ3n) is 14.1. The predicted molar refractivity (Wildman–Crippen MR) is 132 cm³/mol. The highest BCUT2D eigenvalue weighted by atomic mass is 16.3.